The zero-order valence-electron chi connectivity index (χ0n) is 12.0. The summed E-state index contributed by atoms with van der Waals surface area (Å²) in [5, 5.41) is 2.95. The van der Waals surface area contributed by atoms with Crippen molar-refractivity contribution in [2.45, 2.75) is 18.8 Å². The summed E-state index contributed by atoms with van der Waals surface area (Å²) in [6.07, 6.45) is 1.32. The molecule has 0 bridgehead atoms. The number of amides is 1. The van der Waals surface area contributed by atoms with E-state index in [1.54, 1.807) is 0 Å². The zero-order valence-corrected chi connectivity index (χ0v) is 12.0. The lowest BCUT2D eigenvalue weighted by atomic mass is 9.93. The van der Waals surface area contributed by atoms with Crippen molar-refractivity contribution in [3.63, 3.8) is 0 Å². The summed E-state index contributed by atoms with van der Waals surface area (Å²) in [5.41, 5.74) is 10.8. The van der Waals surface area contributed by atoms with E-state index in [9.17, 15) is 4.79 Å². The molecule has 21 heavy (non-hydrogen) atoms. The minimum Gasteiger partial charge on any atom is -0.356 e. The smallest absolute Gasteiger partial charge is 0.221 e. The summed E-state index contributed by atoms with van der Waals surface area (Å²) < 4.78 is 0. The van der Waals surface area contributed by atoms with Crippen molar-refractivity contribution in [2.75, 3.05) is 13.1 Å². The van der Waals surface area contributed by atoms with E-state index in [1.165, 1.54) is 22.3 Å². The van der Waals surface area contributed by atoms with Crippen molar-refractivity contribution in [2.24, 2.45) is 5.73 Å². The van der Waals surface area contributed by atoms with Crippen molar-refractivity contribution in [3.8, 4) is 11.1 Å². The highest BCUT2D eigenvalue weighted by Crippen LogP contribution is 2.45. The lowest BCUT2D eigenvalue weighted by molar-refractivity contribution is -0.120. The molecule has 0 saturated carbocycles. The average Bonchev–Trinajstić information content (AvgIpc) is 2.83. The molecular formula is C18H20N2O. The van der Waals surface area contributed by atoms with Gasteiger partial charge in [0, 0.05) is 25.4 Å². The Bertz CT molecular complexity index is 606. The van der Waals surface area contributed by atoms with Crippen LogP contribution in [0.25, 0.3) is 11.1 Å². The molecule has 0 radical (unpaired) electrons. The normalized spacial score (nSPS) is 12.8. The molecule has 0 heterocycles. The van der Waals surface area contributed by atoms with Crippen LogP contribution in [-0.2, 0) is 4.79 Å². The number of fused-ring (bicyclic) bond motifs is 3. The predicted octanol–water partition coefficient (Wildman–Crippen LogP) is 2.65. The maximum Gasteiger partial charge on any atom is 0.221 e. The second kappa shape index (κ2) is 6.10. The fourth-order valence-electron chi connectivity index (χ4n) is 3.15. The van der Waals surface area contributed by atoms with Gasteiger partial charge in [0.15, 0.2) is 0 Å². The second-order valence-electron chi connectivity index (χ2n) is 5.40. The quantitative estimate of drug-likeness (QED) is 0.884. The van der Waals surface area contributed by atoms with Gasteiger partial charge in [-0.3, -0.25) is 4.79 Å². The van der Waals surface area contributed by atoms with Crippen LogP contribution in [0, 0.1) is 0 Å². The van der Waals surface area contributed by atoms with Gasteiger partial charge in [0.1, 0.15) is 0 Å². The molecule has 0 aliphatic heterocycles. The van der Waals surface area contributed by atoms with Crippen molar-refractivity contribution < 1.29 is 4.79 Å². The molecule has 1 aliphatic carbocycles. The summed E-state index contributed by atoms with van der Waals surface area (Å²) in [7, 11) is 0. The molecule has 3 heteroatoms. The number of hydrogen-bond donors (Lipinski definition) is 2. The lowest BCUT2D eigenvalue weighted by Gasteiger charge is -2.14. The van der Waals surface area contributed by atoms with Gasteiger partial charge < -0.3 is 11.1 Å². The number of carbonyl (C=O) groups is 1. The highest BCUT2D eigenvalue weighted by Gasteiger charge is 2.27. The Morgan fingerprint density at radius 3 is 2.14 bits per heavy atom. The SMILES string of the molecule is NCCC(=O)NCCC1c2ccccc2-c2ccccc21. The second-order valence-corrected chi connectivity index (χ2v) is 5.40. The fraction of sp³-hybridized carbons (Fsp3) is 0.278. The highest BCUT2D eigenvalue weighted by molar-refractivity contribution is 5.79. The van der Waals surface area contributed by atoms with E-state index in [1.807, 2.05) is 0 Å². The van der Waals surface area contributed by atoms with Crippen LogP contribution in [0.3, 0.4) is 0 Å². The molecule has 0 unspecified atom stereocenters. The van der Waals surface area contributed by atoms with Crippen molar-refractivity contribution >= 4 is 5.91 Å². The van der Waals surface area contributed by atoms with Gasteiger partial charge >= 0.3 is 0 Å². The first-order chi connectivity index (χ1) is 10.3. The van der Waals surface area contributed by atoms with Crippen LogP contribution in [0.5, 0.6) is 0 Å². The van der Waals surface area contributed by atoms with Crippen LogP contribution < -0.4 is 11.1 Å². The predicted molar refractivity (Wildman–Crippen MR) is 85.0 cm³/mol. The van der Waals surface area contributed by atoms with Crippen LogP contribution in [0.2, 0.25) is 0 Å². The van der Waals surface area contributed by atoms with Crippen LogP contribution in [0.4, 0.5) is 0 Å². The molecule has 0 atom stereocenters. The number of nitrogens with one attached hydrogen (secondary N) is 1. The molecule has 0 spiro atoms. The van der Waals surface area contributed by atoms with Crippen LogP contribution in [-0.4, -0.2) is 19.0 Å². The molecule has 1 aliphatic rings. The molecule has 3 N–H and O–H groups in total. The molecule has 2 aromatic carbocycles. The average molecular weight is 280 g/mol. The van der Waals surface area contributed by atoms with Gasteiger partial charge in [-0.15, -0.1) is 0 Å². The number of nitrogens with two attached hydrogens (primary N) is 1. The molecule has 1 amide bonds. The molecule has 3 rings (SSSR count). The number of carbonyl (C=O) groups excluding carboxylic acids is 1. The first-order valence-electron chi connectivity index (χ1n) is 7.46. The maximum atomic E-state index is 11.5. The Morgan fingerprint density at radius 1 is 1.00 bits per heavy atom. The Labute approximate surface area is 125 Å². The maximum absolute atomic E-state index is 11.5. The van der Waals surface area contributed by atoms with Gasteiger partial charge in [-0.25, -0.2) is 0 Å². The van der Waals surface area contributed by atoms with Crippen LogP contribution in [0.15, 0.2) is 48.5 Å². The zero-order chi connectivity index (χ0) is 14.7. The molecule has 0 fully saturated rings. The Balaban J connectivity index is 1.78. The fourth-order valence-corrected chi connectivity index (χ4v) is 3.15. The minimum atomic E-state index is 0.0390. The first kappa shape index (κ1) is 13.8. The van der Waals surface area contributed by atoms with Gasteiger partial charge in [0.25, 0.3) is 0 Å². The van der Waals surface area contributed by atoms with E-state index in [4.69, 9.17) is 5.73 Å². The van der Waals surface area contributed by atoms with Crippen molar-refractivity contribution in [3.05, 3.63) is 59.7 Å². The number of hydrogen-bond acceptors (Lipinski definition) is 2. The van der Waals surface area contributed by atoms with Crippen molar-refractivity contribution in [1.29, 1.82) is 0 Å². The van der Waals surface area contributed by atoms with E-state index in [0.717, 1.165) is 6.42 Å². The molecule has 3 nitrogen and oxygen atoms in total. The molecule has 108 valence electrons. The van der Waals surface area contributed by atoms with E-state index < -0.39 is 0 Å². The summed E-state index contributed by atoms with van der Waals surface area (Å²) >= 11 is 0. The van der Waals surface area contributed by atoms with Crippen LogP contribution >= 0.6 is 0 Å². The van der Waals surface area contributed by atoms with E-state index in [0.29, 0.717) is 25.4 Å². The van der Waals surface area contributed by atoms with Crippen molar-refractivity contribution in [1.82, 2.24) is 5.32 Å². The topological polar surface area (TPSA) is 55.1 Å². The van der Waals surface area contributed by atoms with E-state index in [-0.39, 0.29) is 5.91 Å². The van der Waals surface area contributed by atoms with Gasteiger partial charge in [-0.1, -0.05) is 48.5 Å². The summed E-state index contributed by atoms with van der Waals surface area (Å²) in [4.78, 5) is 11.5. The van der Waals surface area contributed by atoms with Crippen LogP contribution in [0.1, 0.15) is 29.9 Å². The summed E-state index contributed by atoms with van der Waals surface area (Å²) in [6, 6.07) is 17.1. The van der Waals surface area contributed by atoms with Gasteiger partial charge in [0.05, 0.1) is 0 Å². The minimum absolute atomic E-state index is 0.0390. The monoisotopic (exact) mass is 280 g/mol. The summed E-state index contributed by atoms with van der Waals surface area (Å²) in [6.45, 7) is 1.09. The Hall–Kier alpha value is -2.13. The van der Waals surface area contributed by atoms with E-state index >= 15 is 0 Å². The highest BCUT2D eigenvalue weighted by atomic mass is 16.1. The summed E-state index contributed by atoms with van der Waals surface area (Å²) in [5.74, 6) is 0.410. The largest absolute Gasteiger partial charge is 0.356 e. The van der Waals surface area contributed by atoms with Gasteiger partial charge in [-0.05, 0) is 28.7 Å². The molecular weight excluding hydrogens is 260 g/mol. The molecule has 2 aromatic rings. The number of benzene rings is 2. The first-order valence-corrected chi connectivity index (χ1v) is 7.46. The van der Waals surface area contributed by atoms with E-state index in [2.05, 4.69) is 53.8 Å². The third-order valence-corrected chi connectivity index (χ3v) is 4.09. The Kier molecular flexibility index (Phi) is 4.02. The lowest BCUT2D eigenvalue weighted by Crippen LogP contribution is -2.27. The third-order valence-electron chi connectivity index (χ3n) is 4.09. The standard InChI is InChI=1S/C18H20N2O/c19-11-9-18(21)20-12-10-17-15-7-3-1-5-13(15)14-6-2-4-8-16(14)17/h1-8,17H,9-12,19H2,(H,20,21). The third kappa shape index (κ3) is 2.69. The number of rotatable bonds is 5. The Morgan fingerprint density at radius 2 is 1.57 bits per heavy atom. The molecule has 0 saturated heterocycles. The molecule has 0 aromatic heterocycles. The van der Waals surface area contributed by atoms with Gasteiger partial charge in [-0.2, -0.15) is 0 Å². The van der Waals surface area contributed by atoms with Gasteiger partial charge in [0.2, 0.25) is 5.91 Å².